The third-order valence-corrected chi connectivity index (χ3v) is 2.95. The van der Waals surface area contributed by atoms with E-state index in [0.717, 1.165) is 0 Å². The van der Waals surface area contributed by atoms with E-state index in [9.17, 15) is 18.3 Å². The molecule has 0 aromatic heterocycles. The van der Waals surface area contributed by atoms with Gasteiger partial charge in [0.25, 0.3) is 0 Å². The second kappa shape index (κ2) is 6.48. The predicted octanol–water partition coefficient (Wildman–Crippen LogP) is 4.41. The third-order valence-electron chi connectivity index (χ3n) is 2.95. The van der Waals surface area contributed by atoms with Gasteiger partial charge in [-0.15, -0.1) is 0 Å². The molecule has 0 aliphatic carbocycles. The second-order valence-corrected chi connectivity index (χ2v) is 5.41. The first-order chi connectivity index (χ1) is 9.12. The van der Waals surface area contributed by atoms with Crippen LogP contribution < -0.4 is 4.74 Å². The van der Waals surface area contributed by atoms with Gasteiger partial charge in [-0.05, 0) is 39.7 Å². The number of ether oxygens (including phenoxy) is 1. The van der Waals surface area contributed by atoms with E-state index in [0.29, 0.717) is 11.3 Å². The summed E-state index contributed by atoms with van der Waals surface area (Å²) in [7, 11) is 0. The summed E-state index contributed by atoms with van der Waals surface area (Å²) in [5, 5.41) is 10.4. The molecule has 1 unspecified atom stereocenters. The molecule has 1 aromatic carbocycles. The van der Waals surface area contributed by atoms with Crippen molar-refractivity contribution < 1.29 is 23.0 Å². The van der Waals surface area contributed by atoms with Crippen LogP contribution in [0.2, 0.25) is 0 Å². The average molecular weight is 290 g/mol. The van der Waals surface area contributed by atoms with E-state index in [2.05, 4.69) is 0 Å². The van der Waals surface area contributed by atoms with Crippen molar-refractivity contribution in [2.24, 2.45) is 0 Å². The number of benzene rings is 1. The molecule has 0 fully saturated rings. The van der Waals surface area contributed by atoms with Crippen LogP contribution in [-0.2, 0) is 5.60 Å². The Bertz CT molecular complexity index is 425. The Balaban J connectivity index is 2.81. The van der Waals surface area contributed by atoms with Crippen LogP contribution in [-0.4, -0.2) is 17.4 Å². The fourth-order valence-corrected chi connectivity index (χ4v) is 2.04. The number of alkyl halides is 3. The molecule has 1 rings (SSSR count). The Kier molecular flexibility index (Phi) is 5.45. The predicted molar refractivity (Wildman–Crippen MR) is 71.7 cm³/mol. The van der Waals surface area contributed by atoms with Crippen LogP contribution >= 0.6 is 0 Å². The van der Waals surface area contributed by atoms with Crippen LogP contribution in [0.1, 0.15) is 45.6 Å². The van der Waals surface area contributed by atoms with Gasteiger partial charge in [-0.25, -0.2) is 0 Å². The van der Waals surface area contributed by atoms with Crippen LogP contribution in [0.5, 0.6) is 5.75 Å². The maximum absolute atomic E-state index is 12.2. The first kappa shape index (κ1) is 16.8. The molecule has 0 radical (unpaired) electrons. The molecule has 0 saturated carbocycles. The number of halogens is 3. The molecule has 5 heteroatoms. The zero-order chi connectivity index (χ0) is 15.4. The van der Waals surface area contributed by atoms with Gasteiger partial charge in [0.1, 0.15) is 5.75 Å². The van der Waals surface area contributed by atoms with E-state index in [4.69, 9.17) is 4.74 Å². The van der Waals surface area contributed by atoms with Crippen molar-refractivity contribution in [1.82, 2.24) is 0 Å². The molecule has 1 N–H and O–H groups in total. The molecule has 20 heavy (non-hydrogen) atoms. The first-order valence-corrected chi connectivity index (χ1v) is 6.67. The van der Waals surface area contributed by atoms with Crippen molar-refractivity contribution in [3.8, 4) is 5.75 Å². The quantitative estimate of drug-likeness (QED) is 0.840. The fourth-order valence-electron chi connectivity index (χ4n) is 2.04. The lowest BCUT2D eigenvalue weighted by atomic mass is 9.89. The molecule has 0 aliphatic rings. The third kappa shape index (κ3) is 5.41. The van der Waals surface area contributed by atoms with Gasteiger partial charge in [0.2, 0.25) is 0 Å². The molecule has 0 saturated heterocycles. The standard InChI is InChI=1S/C15H21F3O2/c1-11(2)20-13-8-5-4-7-12(13)14(3,19)9-6-10-15(16,17)18/h4-5,7-8,11,19H,6,9-10H2,1-3H3. The van der Waals surface area contributed by atoms with Crippen LogP contribution in [0.15, 0.2) is 24.3 Å². The van der Waals surface area contributed by atoms with Crippen LogP contribution in [0.3, 0.4) is 0 Å². The summed E-state index contributed by atoms with van der Waals surface area (Å²) < 4.78 is 42.1. The van der Waals surface area contributed by atoms with E-state index >= 15 is 0 Å². The summed E-state index contributed by atoms with van der Waals surface area (Å²) in [6.45, 7) is 5.23. The summed E-state index contributed by atoms with van der Waals surface area (Å²) in [4.78, 5) is 0. The largest absolute Gasteiger partial charge is 0.491 e. The summed E-state index contributed by atoms with van der Waals surface area (Å²) >= 11 is 0. The highest BCUT2D eigenvalue weighted by Gasteiger charge is 2.31. The van der Waals surface area contributed by atoms with Crippen molar-refractivity contribution in [2.45, 2.75) is 57.9 Å². The van der Waals surface area contributed by atoms with Gasteiger partial charge in [-0.3, -0.25) is 0 Å². The molecule has 0 aliphatic heterocycles. The fraction of sp³-hybridized carbons (Fsp3) is 0.600. The van der Waals surface area contributed by atoms with Crippen LogP contribution in [0.25, 0.3) is 0 Å². The molecule has 114 valence electrons. The van der Waals surface area contributed by atoms with E-state index in [-0.39, 0.29) is 18.9 Å². The maximum Gasteiger partial charge on any atom is 0.389 e. The number of hydrogen-bond donors (Lipinski definition) is 1. The Morgan fingerprint density at radius 3 is 2.30 bits per heavy atom. The minimum atomic E-state index is -4.19. The van der Waals surface area contributed by atoms with Gasteiger partial charge in [0.05, 0.1) is 11.7 Å². The van der Waals surface area contributed by atoms with Gasteiger partial charge in [-0.2, -0.15) is 13.2 Å². The Hall–Kier alpha value is -1.23. The number of hydrogen-bond acceptors (Lipinski definition) is 2. The van der Waals surface area contributed by atoms with E-state index in [1.54, 1.807) is 24.3 Å². The normalized spacial score (nSPS) is 15.2. The zero-order valence-electron chi connectivity index (χ0n) is 12.0. The average Bonchev–Trinajstić information content (AvgIpc) is 2.26. The molecular formula is C15H21F3O2. The minimum Gasteiger partial charge on any atom is -0.491 e. The van der Waals surface area contributed by atoms with Gasteiger partial charge in [0.15, 0.2) is 0 Å². The van der Waals surface area contributed by atoms with E-state index < -0.39 is 18.2 Å². The van der Waals surface area contributed by atoms with Crippen LogP contribution in [0.4, 0.5) is 13.2 Å². The number of para-hydroxylation sites is 1. The van der Waals surface area contributed by atoms with Crippen molar-refractivity contribution in [1.29, 1.82) is 0 Å². The molecule has 1 atom stereocenters. The topological polar surface area (TPSA) is 29.5 Å². The highest BCUT2D eigenvalue weighted by atomic mass is 19.4. The summed E-state index contributed by atoms with van der Waals surface area (Å²) in [6.07, 6.45) is -5.24. The smallest absolute Gasteiger partial charge is 0.389 e. The lowest BCUT2D eigenvalue weighted by Gasteiger charge is -2.27. The first-order valence-electron chi connectivity index (χ1n) is 6.67. The SMILES string of the molecule is CC(C)Oc1ccccc1C(C)(O)CCCC(F)(F)F. The van der Waals surface area contributed by atoms with Crippen molar-refractivity contribution in [2.75, 3.05) is 0 Å². The Morgan fingerprint density at radius 2 is 1.75 bits per heavy atom. The van der Waals surface area contributed by atoms with Gasteiger partial charge in [-0.1, -0.05) is 18.2 Å². The monoisotopic (exact) mass is 290 g/mol. The Morgan fingerprint density at radius 1 is 1.15 bits per heavy atom. The summed E-state index contributed by atoms with van der Waals surface area (Å²) in [5.74, 6) is 0.513. The molecule has 1 aromatic rings. The molecule has 0 bridgehead atoms. The number of rotatable bonds is 6. The highest BCUT2D eigenvalue weighted by molar-refractivity contribution is 5.37. The van der Waals surface area contributed by atoms with Crippen molar-refractivity contribution in [3.63, 3.8) is 0 Å². The molecule has 0 spiro atoms. The summed E-state index contributed by atoms with van der Waals surface area (Å²) in [6, 6.07) is 6.91. The summed E-state index contributed by atoms with van der Waals surface area (Å²) in [5.41, 5.74) is -0.813. The highest BCUT2D eigenvalue weighted by Crippen LogP contribution is 2.35. The van der Waals surface area contributed by atoms with Crippen molar-refractivity contribution >= 4 is 0 Å². The lowest BCUT2D eigenvalue weighted by Crippen LogP contribution is -2.24. The molecular weight excluding hydrogens is 269 g/mol. The molecule has 0 heterocycles. The molecule has 2 nitrogen and oxygen atoms in total. The van der Waals surface area contributed by atoms with E-state index in [1.165, 1.54) is 6.92 Å². The second-order valence-electron chi connectivity index (χ2n) is 5.41. The zero-order valence-corrected chi connectivity index (χ0v) is 12.0. The van der Waals surface area contributed by atoms with E-state index in [1.807, 2.05) is 13.8 Å². The lowest BCUT2D eigenvalue weighted by molar-refractivity contribution is -0.137. The minimum absolute atomic E-state index is 0.0327. The van der Waals surface area contributed by atoms with Gasteiger partial charge < -0.3 is 9.84 Å². The number of aliphatic hydroxyl groups is 1. The van der Waals surface area contributed by atoms with Crippen molar-refractivity contribution in [3.05, 3.63) is 29.8 Å². The molecule has 0 amide bonds. The van der Waals surface area contributed by atoms with Gasteiger partial charge >= 0.3 is 6.18 Å². The van der Waals surface area contributed by atoms with Gasteiger partial charge in [0, 0.05) is 12.0 Å². The Labute approximate surface area is 117 Å². The maximum atomic E-state index is 12.2. The van der Waals surface area contributed by atoms with Crippen LogP contribution in [0, 0.1) is 0 Å².